The third kappa shape index (κ3) is 4.04. The molecule has 2 aromatic rings. The smallest absolute Gasteiger partial charge is 0.246 e. The van der Waals surface area contributed by atoms with Crippen LogP contribution in [0.25, 0.3) is 6.08 Å². The highest BCUT2D eigenvalue weighted by Gasteiger charge is 2.07. The van der Waals surface area contributed by atoms with Crippen LogP contribution in [0, 0.1) is 0 Å². The van der Waals surface area contributed by atoms with Crippen LogP contribution in [-0.2, 0) is 18.4 Å². The molecule has 0 aliphatic rings. The normalized spacial score (nSPS) is 11.1. The molecule has 0 bridgehead atoms. The Morgan fingerprint density at radius 3 is 2.95 bits per heavy atom. The van der Waals surface area contributed by atoms with Crippen LogP contribution in [0.3, 0.4) is 0 Å². The minimum Gasteiger partial charge on any atom is -0.337 e. The average molecular weight is 340 g/mol. The number of aryl methyl sites for hydroxylation is 1. The van der Waals surface area contributed by atoms with Crippen LogP contribution >= 0.6 is 27.3 Å². The van der Waals surface area contributed by atoms with E-state index in [1.807, 2.05) is 25.4 Å². The van der Waals surface area contributed by atoms with Crippen LogP contribution < -0.4 is 0 Å². The second kappa shape index (κ2) is 6.16. The van der Waals surface area contributed by atoms with E-state index in [2.05, 4.69) is 21.0 Å². The maximum absolute atomic E-state index is 11.9. The molecule has 2 heterocycles. The molecule has 100 valence electrons. The Bertz CT molecular complexity index is 603. The van der Waals surface area contributed by atoms with Gasteiger partial charge in [0.05, 0.1) is 16.5 Å². The Morgan fingerprint density at radius 1 is 1.58 bits per heavy atom. The Hall–Kier alpha value is -1.40. The van der Waals surface area contributed by atoms with Gasteiger partial charge in [0, 0.05) is 36.8 Å². The van der Waals surface area contributed by atoms with Crippen molar-refractivity contribution in [2.45, 2.75) is 6.54 Å². The minimum atomic E-state index is -0.0200. The van der Waals surface area contributed by atoms with Crippen molar-refractivity contribution in [1.82, 2.24) is 14.7 Å². The van der Waals surface area contributed by atoms with Gasteiger partial charge >= 0.3 is 0 Å². The maximum Gasteiger partial charge on any atom is 0.246 e. The molecule has 0 radical (unpaired) electrons. The highest BCUT2D eigenvalue weighted by atomic mass is 79.9. The van der Waals surface area contributed by atoms with Crippen molar-refractivity contribution in [3.8, 4) is 0 Å². The molecule has 0 aliphatic heterocycles. The summed E-state index contributed by atoms with van der Waals surface area (Å²) in [6.45, 7) is 0.618. The van der Waals surface area contributed by atoms with Crippen LogP contribution in [0.4, 0.5) is 0 Å². The Balaban J connectivity index is 1.94. The number of likely N-dealkylation sites (N-methyl/N-ethyl adjacent to an activating group) is 1. The molecule has 4 nitrogen and oxygen atoms in total. The van der Waals surface area contributed by atoms with Crippen molar-refractivity contribution in [3.05, 3.63) is 44.8 Å². The number of carbonyl (C=O) groups excluding carboxylic acids is 1. The van der Waals surface area contributed by atoms with E-state index in [9.17, 15) is 4.79 Å². The molecule has 2 rings (SSSR count). The molecule has 2 aromatic heterocycles. The van der Waals surface area contributed by atoms with Crippen molar-refractivity contribution in [2.75, 3.05) is 7.05 Å². The van der Waals surface area contributed by atoms with E-state index in [4.69, 9.17) is 0 Å². The summed E-state index contributed by atoms with van der Waals surface area (Å²) in [5.41, 5.74) is 0.920. The van der Waals surface area contributed by atoms with Crippen molar-refractivity contribution in [3.63, 3.8) is 0 Å². The van der Waals surface area contributed by atoms with Crippen LogP contribution in [-0.4, -0.2) is 27.6 Å². The van der Waals surface area contributed by atoms with Gasteiger partial charge in [-0.2, -0.15) is 5.10 Å². The van der Waals surface area contributed by atoms with E-state index < -0.39 is 0 Å². The SMILES string of the molecule is CN(Cc1ccc(Br)s1)C(=O)/C=C/c1cnn(C)c1. The molecule has 0 saturated carbocycles. The summed E-state index contributed by atoms with van der Waals surface area (Å²) in [5, 5.41) is 4.05. The summed E-state index contributed by atoms with van der Waals surface area (Å²) in [5.74, 6) is -0.0200. The van der Waals surface area contributed by atoms with Gasteiger partial charge in [-0.05, 0) is 34.1 Å². The van der Waals surface area contributed by atoms with Crippen LogP contribution in [0.5, 0.6) is 0 Å². The van der Waals surface area contributed by atoms with Crippen LogP contribution in [0.1, 0.15) is 10.4 Å². The monoisotopic (exact) mass is 339 g/mol. The second-order valence-corrected chi connectivity index (χ2v) is 6.73. The highest BCUT2D eigenvalue weighted by Crippen LogP contribution is 2.23. The van der Waals surface area contributed by atoms with Crippen LogP contribution in [0.2, 0.25) is 0 Å². The first-order valence-electron chi connectivity index (χ1n) is 5.70. The van der Waals surface area contributed by atoms with Gasteiger partial charge in [0.25, 0.3) is 0 Å². The number of thiophene rings is 1. The molecular weight excluding hydrogens is 326 g/mol. The average Bonchev–Trinajstić information content (AvgIpc) is 2.95. The van der Waals surface area contributed by atoms with Crippen molar-refractivity contribution in [1.29, 1.82) is 0 Å². The maximum atomic E-state index is 11.9. The molecule has 0 spiro atoms. The first kappa shape index (κ1) is 14.0. The van der Waals surface area contributed by atoms with Gasteiger partial charge in [0.1, 0.15) is 0 Å². The molecule has 19 heavy (non-hydrogen) atoms. The highest BCUT2D eigenvalue weighted by molar-refractivity contribution is 9.11. The third-order valence-electron chi connectivity index (χ3n) is 2.54. The van der Waals surface area contributed by atoms with Gasteiger partial charge in [-0.15, -0.1) is 11.3 Å². The summed E-state index contributed by atoms with van der Waals surface area (Å²) in [6, 6.07) is 4.01. The number of amides is 1. The van der Waals surface area contributed by atoms with E-state index in [1.165, 1.54) is 0 Å². The zero-order valence-corrected chi connectivity index (χ0v) is 13.1. The van der Waals surface area contributed by atoms with Gasteiger partial charge in [0.15, 0.2) is 0 Å². The van der Waals surface area contributed by atoms with Crippen LogP contribution in [0.15, 0.2) is 34.4 Å². The number of hydrogen-bond donors (Lipinski definition) is 0. The molecule has 0 N–H and O–H groups in total. The summed E-state index contributed by atoms with van der Waals surface area (Å²) >= 11 is 5.05. The first-order valence-corrected chi connectivity index (χ1v) is 7.31. The number of nitrogens with zero attached hydrogens (tertiary/aromatic N) is 3. The second-order valence-electron chi connectivity index (χ2n) is 4.18. The lowest BCUT2D eigenvalue weighted by Gasteiger charge is -2.13. The molecule has 0 aliphatic carbocycles. The molecule has 0 fully saturated rings. The molecule has 1 amide bonds. The van der Waals surface area contributed by atoms with Gasteiger partial charge in [0.2, 0.25) is 5.91 Å². The third-order valence-corrected chi connectivity index (χ3v) is 4.15. The lowest BCUT2D eigenvalue weighted by molar-refractivity contribution is -0.125. The zero-order chi connectivity index (χ0) is 13.8. The van der Waals surface area contributed by atoms with Crippen molar-refractivity contribution in [2.24, 2.45) is 7.05 Å². The first-order chi connectivity index (χ1) is 9.04. The van der Waals surface area contributed by atoms with Gasteiger partial charge in [-0.25, -0.2) is 0 Å². The fraction of sp³-hybridized carbons (Fsp3) is 0.231. The summed E-state index contributed by atoms with van der Waals surface area (Å²) in [4.78, 5) is 14.8. The summed E-state index contributed by atoms with van der Waals surface area (Å²) in [6.07, 6.45) is 6.93. The Labute approximate surface area is 124 Å². The summed E-state index contributed by atoms with van der Waals surface area (Å²) in [7, 11) is 3.64. The lowest BCUT2D eigenvalue weighted by atomic mass is 10.3. The molecule has 0 aromatic carbocycles. The van der Waals surface area contributed by atoms with Gasteiger partial charge < -0.3 is 4.90 Å². The van der Waals surface area contributed by atoms with E-state index in [-0.39, 0.29) is 5.91 Å². The van der Waals surface area contributed by atoms with E-state index in [0.29, 0.717) is 6.54 Å². The lowest BCUT2D eigenvalue weighted by Crippen LogP contribution is -2.23. The van der Waals surface area contributed by atoms with Crippen molar-refractivity contribution >= 4 is 39.2 Å². The minimum absolute atomic E-state index is 0.0200. The summed E-state index contributed by atoms with van der Waals surface area (Å²) < 4.78 is 2.78. The predicted molar refractivity (Wildman–Crippen MR) is 80.7 cm³/mol. The standard InChI is InChI=1S/C13H14BrN3OS/c1-16(9-11-4-5-12(14)19-11)13(18)6-3-10-7-15-17(2)8-10/h3-8H,9H2,1-2H3/b6-3+. The van der Waals surface area contributed by atoms with Gasteiger partial charge in [-0.1, -0.05) is 0 Å². The number of hydrogen-bond acceptors (Lipinski definition) is 3. The number of aromatic nitrogens is 2. The predicted octanol–water partition coefficient (Wildman–Crippen LogP) is 2.92. The molecule has 6 heteroatoms. The fourth-order valence-electron chi connectivity index (χ4n) is 1.57. The van der Waals surface area contributed by atoms with Crippen molar-refractivity contribution < 1.29 is 4.79 Å². The number of carbonyl (C=O) groups is 1. The molecule has 0 saturated heterocycles. The Morgan fingerprint density at radius 2 is 2.37 bits per heavy atom. The molecular formula is C13H14BrN3OS. The van der Waals surface area contributed by atoms with Gasteiger partial charge in [-0.3, -0.25) is 9.48 Å². The molecule has 0 unspecified atom stereocenters. The van der Waals surface area contributed by atoms with E-state index >= 15 is 0 Å². The fourth-order valence-corrected chi connectivity index (χ4v) is 3.11. The Kier molecular flexibility index (Phi) is 4.55. The van der Waals surface area contributed by atoms with E-state index in [1.54, 1.807) is 46.3 Å². The quantitative estimate of drug-likeness (QED) is 0.803. The zero-order valence-electron chi connectivity index (χ0n) is 10.7. The largest absolute Gasteiger partial charge is 0.337 e. The molecule has 0 atom stereocenters. The number of rotatable bonds is 4. The topological polar surface area (TPSA) is 38.1 Å². The number of halogens is 1. The van der Waals surface area contributed by atoms with E-state index in [0.717, 1.165) is 14.2 Å².